The molecule has 4 N–H and O–H groups in total. The van der Waals surface area contributed by atoms with E-state index in [1.807, 2.05) is 27.7 Å². The molecule has 0 aromatic rings. The number of rotatable bonds is 17. The number of ether oxygens (including phenoxy) is 2. The van der Waals surface area contributed by atoms with Gasteiger partial charge in [-0.3, -0.25) is 4.79 Å². The molecule has 0 saturated carbocycles. The van der Waals surface area contributed by atoms with E-state index in [4.69, 9.17) is 9.47 Å². The van der Waals surface area contributed by atoms with Gasteiger partial charge in [0, 0.05) is 32.8 Å². The number of hydrogen-bond donors (Lipinski definition) is 4. The van der Waals surface area contributed by atoms with E-state index in [1.165, 1.54) is 0 Å². The molecule has 1 atom stereocenters. The van der Waals surface area contributed by atoms with Gasteiger partial charge in [0.1, 0.15) is 6.04 Å². The van der Waals surface area contributed by atoms with Gasteiger partial charge in [0.2, 0.25) is 5.91 Å². The van der Waals surface area contributed by atoms with E-state index < -0.39 is 11.6 Å². The van der Waals surface area contributed by atoms with Crippen LogP contribution in [0.2, 0.25) is 0 Å². The predicted molar refractivity (Wildman–Crippen MR) is 126 cm³/mol. The first kappa shape index (κ1) is 29.6. The van der Waals surface area contributed by atoms with Gasteiger partial charge in [0.15, 0.2) is 0 Å². The normalized spacial score (nSPS) is 13.2. The molecular weight excluding hydrogens is 396 g/mol. The second-order valence-electron chi connectivity index (χ2n) is 9.73. The van der Waals surface area contributed by atoms with E-state index in [9.17, 15) is 9.59 Å². The lowest BCUT2D eigenvalue weighted by Gasteiger charge is -2.27. The van der Waals surface area contributed by atoms with Gasteiger partial charge in [-0.05, 0) is 59.9 Å². The van der Waals surface area contributed by atoms with Crippen molar-refractivity contribution in [2.75, 3.05) is 39.9 Å². The summed E-state index contributed by atoms with van der Waals surface area (Å²) in [5.41, 5.74) is -0.775. The molecule has 0 aromatic carbocycles. The molecule has 8 heteroatoms. The van der Waals surface area contributed by atoms with Crippen molar-refractivity contribution in [1.29, 1.82) is 0 Å². The zero-order valence-corrected chi connectivity index (χ0v) is 21.2. The summed E-state index contributed by atoms with van der Waals surface area (Å²) in [7, 11) is 1.75. The third-order valence-corrected chi connectivity index (χ3v) is 4.91. The van der Waals surface area contributed by atoms with Gasteiger partial charge in [-0.1, -0.05) is 27.2 Å². The molecule has 0 spiro atoms. The topological polar surface area (TPSA) is 101 Å². The molecule has 0 heterocycles. The molecule has 0 rings (SSSR count). The zero-order chi connectivity index (χ0) is 23.9. The molecule has 8 nitrogen and oxygen atoms in total. The Balaban J connectivity index is 4.43. The number of likely N-dealkylation sites (N-methyl/N-ethyl adjacent to an activating group) is 1. The number of unbranched alkanes of at least 4 members (excludes halogenated alkanes) is 1. The van der Waals surface area contributed by atoms with Crippen molar-refractivity contribution in [3.8, 4) is 0 Å². The number of carbonyl (C=O) groups is 2. The SMILES string of the molecule is CCCCOC(C)(C)CNC(=O)NC(CNC)C(=O)NCCC(C)(C)OCCC(C)C. The lowest BCUT2D eigenvalue weighted by Crippen LogP contribution is -2.55. The van der Waals surface area contributed by atoms with Crippen LogP contribution in [0.4, 0.5) is 4.79 Å². The first-order valence-electron chi connectivity index (χ1n) is 11.7. The van der Waals surface area contributed by atoms with Crippen molar-refractivity contribution in [3.05, 3.63) is 0 Å². The molecule has 0 aliphatic heterocycles. The van der Waals surface area contributed by atoms with Crippen LogP contribution in [0.1, 0.15) is 74.1 Å². The van der Waals surface area contributed by atoms with Crippen LogP contribution in [-0.4, -0.2) is 69.1 Å². The van der Waals surface area contributed by atoms with Crippen LogP contribution in [0, 0.1) is 5.92 Å². The summed E-state index contributed by atoms with van der Waals surface area (Å²) in [6, 6.07) is -1.06. The molecule has 31 heavy (non-hydrogen) atoms. The van der Waals surface area contributed by atoms with Gasteiger partial charge in [-0.2, -0.15) is 0 Å². The maximum absolute atomic E-state index is 12.6. The minimum Gasteiger partial charge on any atom is -0.375 e. The van der Waals surface area contributed by atoms with Crippen LogP contribution in [-0.2, 0) is 14.3 Å². The Bertz CT molecular complexity index is 510. The molecule has 0 aliphatic carbocycles. The van der Waals surface area contributed by atoms with E-state index in [0.29, 0.717) is 45.2 Å². The number of amides is 3. The molecule has 184 valence electrons. The van der Waals surface area contributed by atoms with E-state index in [2.05, 4.69) is 42.0 Å². The Morgan fingerprint density at radius 1 is 0.968 bits per heavy atom. The van der Waals surface area contributed by atoms with E-state index >= 15 is 0 Å². The number of urea groups is 1. The Morgan fingerprint density at radius 3 is 2.19 bits per heavy atom. The first-order valence-corrected chi connectivity index (χ1v) is 11.7. The van der Waals surface area contributed by atoms with Crippen molar-refractivity contribution in [3.63, 3.8) is 0 Å². The lowest BCUT2D eigenvalue weighted by atomic mass is 10.0. The summed E-state index contributed by atoms with van der Waals surface area (Å²) in [5.74, 6) is 0.379. The Kier molecular flexibility index (Phi) is 14.7. The maximum Gasteiger partial charge on any atom is 0.315 e. The molecule has 0 fully saturated rings. The van der Waals surface area contributed by atoms with Crippen molar-refractivity contribution < 1.29 is 19.1 Å². The van der Waals surface area contributed by atoms with E-state index in [-0.39, 0.29) is 17.5 Å². The van der Waals surface area contributed by atoms with Crippen molar-refractivity contribution in [1.82, 2.24) is 21.3 Å². The standard InChI is InChI=1S/C23H48N4O4/c1-9-10-14-30-23(6,7)17-26-21(29)27-19(16-24-8)20(28)25-13-12-22(4,5)31-15-11-18(2)3/h18-19,24H,9-17H2,1-8H3,(H,25,28)(H2,26,27,29). The van der Waals surface area contributed by atoms with Gasteiger partial charge in [-0.15, -0.1) is 0 Å². The second-order valence-corrected chi connectivity index (χ2v) is 9.73. The number of carbonyl (C=O) groups excluding carboxylic acids is 2. The van der Waals surface area contributed by atoms with Gasteiger partial charge >= 0.3 is 6.03 Å². The second kappa shape index (κ2) is 15.4. The predicted octanol–water partition coefficient (Wildman–Crippen LogP) is 2.82. The molecule has 0 bridgehead atoms. The summed E-state index contributed by atoms with van der Waals surface area (Å²) in [6.07, 6.45) is 3.75. The summed E-state index contributed by atoms with van der Waals surface area (Å²) in [5, 5.41) is 11.4. The highest BCUT2D eigenvalue weighted by Crippen LogP contribution is 2.15. The Labute approximate surface area is 190 Å². The molecular formula is C23H48N4O4. The Morgan fingerprint density at radius 2 is 1.61 bits per heavy atom. The molecule has 0 aromatic heterocycles. The highest BCUT2D eigenvalue weighted by molar-refractivity contribution is 5.87. The summed E-state index contributed by atoms with van der Waals surface area (Å²) in [6.45, 7) is 16.9. The smallest absolute Gasteiger partial charge is 0.315 e. The van der Waals surface area contributed by atoms with Crippen molar-refractivity contribution in [2.24, 2.45) is 5.92 Å². The van der Waals surface area contributed by atoms with Crippen LogP contribution in [0.25, 0.3) is 0 Å². The highest BCUT2D eigenvalue weighted by atomic mass is 16.5. The molecule has 3 amide bonds. The quantitative estimate of drug-likeness (QED) is 0.259. The summed E-state index contributed by atoms with van der Waals surface area (Å²) < 4.78 is 11.7. The largest absolute Gasteiger partial charge is 0.375 e. The van der Waals surface area contributed by atoms with E-state index in [1.54, 1.807) is 7.05 Å². The Hall–Kier alpha value is -1.38. The van der Waals surface area contributed by atoms with Crippen LogP contribution in [0.15, 0.2) is 0 Å². The molecule has 0 aliphatic rings. The maximum atomic E-state index is 12.6. The van der Waals surface area contributed by atoms with Crippen LogP contribution in [0.5, 0.6) is 0 Å². The minimum absolute atomic E-state index is 0.221. The number of hydrogen-bond acceptors (Lipinski definition) is 5. The fourth-order valence-electron chi connectivity index (χ4n) is 2.71. The fraction of sp³-hybridized carbons (Fsp3) is 0.913. The highest BCUT2D eigenvalue weighted by Gasteiger charge is 2.24. The molecule has 0 radical (unpaired) electrons. The monoisotopic (exact) mass is 444 g/mol. The first-order chi connectivity index (χ1) is 14.4. The van der Waals surface area contributed by atoms with Gasteiger partial charge in [0.25, 0.3) is 0 Å². The molecule has 1 unspecified atom stereocenters. The van der Waals surface area contributed by atoms with Crippen LogP contribution >= 0.6 is 0 Å². The van der Waals surface area contributed by atoms with Crippen molar-refractivity contribution in [2.45, 2.75) is 91.4 Å². The third-order valence-electron chi connectivity index (χ3n) is 4.91. The minimum atomic E-state index is -0.668. The van der Waals surface area contributed by atoms with Gasteiger partial charge in [0.05, 0.1) is 11.2 Å². The fourth-order valence-corrected chi connectivity index (χ4v) is 2.71. The van der Waals surface area contributed by atoms with Gasteiger partial charge in [-0.25, -0.2) is 4.79 Å². The average molecular weight is 445 g/mol. The average Bonchev–Trinajstić information content (AvgIpc) is 2.65. The van der Waals surface area contributed by atoms with Crippen LogP contribution in [0.3, 0.4) is 0 Å². The lowest BCUT2D eigenvalue weighted by molar-refractivity contribution is -0.123. The summed E-state index contributed by atoms with van der Waals surface area (Å²) >= 11 is 0. The summed E-state index contributed by atoms with van der Waals surface area (Å²) in [4.78, 5) is 24.9. The zero-order valence-electron chi connectivity index (χ0n) is 21.2. The van der Waals surface area contributed by atoms with Gasteiger partial charge < -0.3 is 30.7 Å². The van der Waals surface area contributed by atoms with E-state index in [0.717, 1.165) is 19.3 Å². The van der Waals surface area contributed by atoms with Crippen LogP contribution < -0.4 is 21.3 Å². The van der Waals surface area contributed by atoms with Crippen molar-refractivity contribution >= 4 is 11.9 Å². The number of nitrogens with one attached hydrogen (secondary N) is 4. The molecule has 0 saturated heterocycles. The third kappa shape index (κ3) is 16.0.